The fourth-order valence-corrected chi connectivity index (χ4v) is 2.17. The van der Waals surface area contributed by atoms with Crippen molar-refractivity contribution in [3.63, 3.8) is 0 Å². The zero-order valence-electron chi connectivity index (χ0n) is 11.6. The molecule has 5 nitrogen and oxygen atoms in total. The van der Waals surface area contributed by atoms with Crippen molar-refractivity contribution in [1.29, 1.82) is 0 Å². The highest BCUT2D eigenvalue weighted by Gasteiger charge is 2.16. The Morgan fingerprint density at radius 2 is 2.20 bits per heavy atom. The second-order valence-corrected chi connectivity index (χ2v) is 4.99. The lowest BCUT2D eigenvalue weighted by molar-refractivity contribution is 0.171. The van der Waals surface area contributed by atoms with Crippen LogP contribution in [0.2, 0.25) is 5.02 Å². The van der Waals surface area contributed by atoms with E-state index in [1.165, 1.54) is 0 Å². The van der Waals surface area contributed by atoms with Gasteiger partial charge in [0.1, 0.15) is 13.2 Å². The van der Waals surface area contributed by atoms with Gasteiger partial charge in [0, 0.05) is 6.54 Å². The van der Waals surface area contributed by atoms with Crippen molar-refractivity contribution >= 4 is 17.6 Å². The smallest absolute Gasteiger partial charge is 0.188 e. The second-order valence-electron chi connectivity index (χ2n) is 4.58. The van der Waals surface area contributed by atoms with Gasteiger partial charge in [-0.15, -0.1) is 0 Å². The number of rotatable bonds is 5. The van der Waals surface area contributed by atoms with Crippen LogP contribution in [0.5, 0.6) is 11.5 Å². The zero-order valence-corrected chi connectivity index (χ0v) is 12.4. The van der Waals surface area contributed by atoms with Crippen LogP contribution < -0.4 is 20.5 Å². The topological polar surface area (TPSA) is 68.9 Å². The number of fused-ring (bicyclic) bond motifs is 1. The predicted octanol–water partition coefficient (Wildman–Crippen LogP) is 2.32. The third-order valence-electron chi connectivity index (χ3n) is 2.93. The SMILES string of the molecule is CCCCNC(N)=NCc1cc(Cl)c2c(c1)OCCO2. The van der Waals surface area contributed by atoms with Gasteiger partial charge in [-0.1, -0.05) is 24.9 Å². The molecular weight excluding hydrogens is 278 g/mol. The van der Waals surface area contributed by atoms with Crippen LogP contribution in [0.1, 0.15) is 25.3 Å². The highest BCUT2D eigenvalue weighted by Crippen LogP contribution is 2.38. The molecule has 0 fully saturated rings. The van der Waals surface area contributed by atoms with Gasteiger partial charge in [0.15, 0.2) is 17.5 Å². The lowest BCUT2D eigenvalue weighted by Gasteiger charge is -2.20. The Morgan fingerprint density at radius 3 is 3.00 bits per heavy atom. The lowest BCUT2D eigenvalue weighted by Crippen LogP contribution is -2.32. The summed E-state index contributed by atoms with van der Waals surface area (Å²) in [5.74, 6) is 1.73. The number of guanidine groups is 1. The van der Waals surface area contributed by atoms with Gasteiger partial charge in [0.2, 0.25) is 0 Å². The Labute approximate surface area is 124 Å². The van der Waals surface area contributed by atoms with Gasteiger partial charge >= 0.3 is 0 Å². The van der Waals surface area contributed by atoms with Crippen LogP contribution in [0.4, 0.5) is 0 Å². The number of nitrogens with one attached hydrogen (secondary N) is 1. The van der Waals surface area contributed by atoms with E-state index >= 15 is 0 Å². The maximum absolute atomic E-state index is 6.16. The molecule has 1 aliphatic rings. The minimum absolute atomic E-state index is 0.449. The van der Waals surface area contributed by atoms with Crippen molar-refractivity contribution in [2.45, 2.75) is 26.3 Å². The van der Waals surface area contributed by atoms with E-state index in [1.807, 2.05) is 12.1 Å². The van der Waals surface area contributed by atoms with Crippen LogP contribution in [0.25, 0.3) is 0 Å². The molecule has 1 aromatic rings. The number of benzene rings is 1. The monoisotopic (exact) mass is 297 g/mol. The van der Waals surface area contributed by atoms with E-state index in [0.29, 0.717) is 42.2 Å². The minimum Gasteiger partial charge on any atom is -0.486 e. The van der Waals surface area contributed by atoms with Gasteiger partial charge in [0.25, 0.3) is 0 Å². The maximum Gasteiger partial charge on any atom is 0.188 e. The molecule has 1 aromatic carbocycles. The molecule has 0 aromatic heterocycles. The standard InChI is InChI=1S/C14H20ClN3O2/c1-2-3-4-17-14(16)18-9-10-7-11(15)13-12(8-10)19-5-6-20-13/h7-8H,2-6,9H2,1H3,(H3,16,17,18). The van der Waals surface area contributed by atoms with Crippen molar-refractivity contribution in [3.8, 4) is 11.5 Å². The Morgan fingerprint density at radius 1 is 1.40 bits per heavy atom. The van der Waals surface area contributed by atoms with Crippen molar-refractivity contribution < 1.29 is 9.47 Å². The Kier molecular flexibility index (Phi) is 5.35. The molecule has 1 aliphatic heterocycles. The van der Waals surface area contributed by atoms with Crippen LogP contribution in [0.15, 0.2) is 17.1 Å². The second kappa shape index (κ2) is 7.24. The molecule has 3 N–H and O–H groups in total. The predicted molar refractivity (Wildman–Crippen MR) is 80.7 cm³/mol. The third-order valence-corrected chi connectivity index (χ3v) is 3.21. The van der Waals surface area contributed by atoms with E-state index in [-0.39, 0.29) is 0 Å². The Hall–Kier alpha value is -1.62. The van der Waals surface area contributed by atoms with Gasteiger partial charge in [-0.05, 0) is 24.1 Å². The Bertz CT molecular complexity index is 492. The molecule has 2 rings (SSSR count). The van der Waals surface area contributed by atoms with E-state index in [1.54, 1.807) is 0 Å². The quantitative estimate of drug-likeness (QED) is 0.497. The van der Waals surface area contributed by atoms with Gasteiger partial charge in [-0.25, -0.2) is 4.99 Å². The number of hydrogen-bond donors (Lipinski definition) is 2. The van der Waals surface area contributed by atoms with Crippen LogP contribution in [-0.4, -0.2) is 25.7 Å². The summed E-state index contributed by atoms with van der Waals surface area (Å²) >= 11 is 6.16. The number of halogens is 1. The Balaban J connectivity index is 1.99. The molecule has 0 atom stereocenters. The zero-order chi connectivity index (χ0) is 14.4. The first-order valence-electron chi connectivity index (χ1n) is 6.82. The van der Waals surface area contributed by atoms with Crippen molar-refractivity contribution in [3.05, 3.63) is 22.7 Å². The molecule has 6 heteroatoms. The van der Waals surface area contributed by atoms with E-state index in [9.17, 15) is 0 Å². The largest absolute Gasteiger partial charge is 0.486 e. The average molecular weight is 298 g/mol. The number of aliphatic imine (C=N–C) groups is 1. The summed E-state index contributed by atoms with van der Waals surface area (Å²) in [6.45, 7) is 4.50. The number of unbranched alkanes of at least 4 members (excludes halogenated alkanes) is 1. The first-order chi connectivity index (χ1) is 9.70. The first-order valence-corrected chi connectivity index (χ1v) is 7.20. The summed E-state index contributed by atoms with van der Waals surface area (Å²) in [4.78, 5) is 4.28. The molecule has 110 valence electrons. The first kappa shape index (κ1) is 14.8. The summed E-state index contributed by atoms with van der Waals surface area (Å²) < 4.78 is 11.0. The molecule has 20 heavy (non-hydrogen) atoms. The maximum atomic E-state index is 6.16. The average Bonchev–Trinajstić information content (AvgIpc) is 2.45. The van der Waals surface area contributed by atoms with E-state index < -0.39 is 0 Å². The highest BCUT2D eigenvalue weighted by molar-refractivity contribution is 6.32. The van der Waals surface area contributed by atoms with Gasteiger partial charge in [-0.2, -0.15) is 0 Å². The van der Waals surface area contributed by atoms with Crippen molar-refractivity contribution in [2.24, 2.45) is 10.7 Å². The fourth-order valence-electron chi connectivity index (χ4n) is 1.88. The fraction of sp³-hybridized carbons (Fsp3) is 0.500. The molecule has 0 spiro atoms. The molecule has 0 unspecified atom stereocenters. The summed E-state index contributed by atoms with van der Waals surface area (Å²) in [7, 11) is 0. The van der Waals surface area contributed by atoms with E-state index in [2.05, 4.69) is 17.2 Å². The number of nitrogens with two attached hydrogens (primary N) is 1. The van der Waals surface area contributed by atoms with Gasteiger partial charge < -0.3 is 20.5 Å². The van der Waals surface area contributed by atoms with Crippen LogP contribution in [0, 0.1) is 0 Å². The van der Waals surface area contributed by atoms with Gasteiger partial charge in [-0.3, -0.25) is 0 Å². The molecule has 0 saturated heterocycles. The van der Waals surface area contributed by atoms with Crippen molar-refractivity contribution in [2.75, 3.05) is 19.8 Å². The molecule has 0 radical (unpaired) electrons. The number of hydrogen-bond acceptors (Lipinski definition) is 3. The number of ether oxygens (including phenoxy) is 2. The molecule has 1 heterocycles. The van der Waals surface area contributed by atoms with Crippen LogP contribution in [-0.2, 0) is 6.54 Å². The third kappa shape index (κ3) is 3.93. The summed E-state index contributed by atoms with van der Waals surface area (Å²) in [5, 5.41) is 3.62. The van der Waals surface area contributed by atoms with Crippen LogP contribution in [0.3, 0.4) is 0 Å². The summed E-state index contributed by atoms with van der Waals surface area (Å²) in [5.41, 5.74) is 6.73. The molecule has 0 aliphatic carbocycles. The summed E-state index contributed by atoms with van der Waals surface area (Å²) in [6.07, 6.45) is 2.20. The van der Waals surface area contributed by atoms with Crippen molar-refractivity contribution in [1.82, 2.24) is 5.32 Å². The van der Waals surface area contributed by atoms with Gasteiger partial charge in [0.05, 0.1) is 11.6 Å². The molecule has 0 amide bonds. The minimum atomic E-state index is 0.449. The normalized spacial score (nSPS) is 14.2. The number of nitrogens with zero attached hydrogens (tertiary/aromatic N) is 1. The highest BCUT2D eigenvalue weighted by atomic mass is 35.5. The van der Waals surface area contributed by atoms with Crippen LogP contribution >= 0.6 is 11.6 Å². The van der Waals surface area contributed by atoms with E-state index in [0.717, 1.165) is 24.9 Å². The van der Waals surface area contributed by atoms with E-state index in [4.69, 9.17) is 26.8 Å². The summed E-state index contributed by atoms with van der Waals surface area (Å²) in [6, 6.07) is 3.72. The molecular formula is C14H20ClN3O2. The molecule has 0 saturated carbocycles. The lowest BCUT2D eigenvalue weighted by atomic mass is 10.2. The molecule has 0 bridgehead atoms.